The van der Waals surface area contributed by atoms with Crippen molar-refractivity contribution in [3.8, 4) is 5.75 Å². The van der Waals surface area contributed by atoms with Crippen molar-refractivity contribution in [3.05, 3.63) is 76.2 Å². The quantitative estimate of drug-likeness (QED) is 0.436. The highest BCUT2D eigenvalue weighted by molar-refractivity contribution is 7.17. The zero-order valence-electron chi connectivity index (χ0n) is 20.2. The van der Waals surface area contributed by atoms with Crippen molar-refractivity contribution >= 4 is 33.8 Å². The third kappa shape index (κ3) is 5.50. The maximum absolute atomic E-state index is 13.4. The number of ether oxygens (including phenoxy) is 1. The number of fused-ring (bicyclic) bond motifs is 1. The van der Waals surface area contributed by atoms with E-state index in [2.05, 4.69) is 31.4 Å². The Morgan fingerprint density at radius 1 is 1.03 bits per heavy atom. The highest BCUT2D eigenvalue weighted by Crippen LogP contribution is 2.44. The Morgan fingerprint density at radius 3 is 2.38 bits per heavy atom. The number of thiophene rings is 1. The molecular formula is C28H32N2O3S. The molecule has 1 aromatic heterocycles. The highest BCUT2D eigenvalue weighted by atomic mass is 32.1. The number of hydrogen-bond acceptors (Lipinski definition) is 4. The molecule has 3 aromatic rings. The Hall–Kier alpha value is -3.12. The van der Waals surface area contributed by atoms with Crippen molar-refractivity contribution in [2.24, 2.45) is 11.3 Å². The molecule has 1 aliphatic rings. The summed E-state index contributed by atoms with van der Waals surface area (Å²) in [5.41, 5.74) is 3.53. The van der Waals surface area contributed by atoms with E-state index in [4.69, 9.17) is 4.74 Å². The molecule has 0 bridgehead atoms. The van der Waals surface area contributed by atoms with E-state index in [0.717, 1.165) is 41.8 Å². The molecule has 0 fully saturated rings. The van der Waals surface area contributed by atoms with Crippen LogP contribution in [0.3, 0.4) is 0 Å². The van der Waals surface area contributed by atoms with Gasteiger partial charge in [-0.1, -0.05) is 51.1 Å². The first-order valence-electron chi connectivity index (χ1n) is 11.7. The van der Waals surface area contributed by atoms with E-state index >= 15 is 0 Å². The number of carbonyl (C=O) groups excluding carboxylic acids is 2. The van der Waals surface area contributed by atoms with E-state index in [9.17, 15) is 9.59 Å². The van der Waals surface area contributed by atoms with Crippen molar-refractivity contribution in [2.45, 2.75) is 46.5 Å². The second-order valence-electron chi connectivity index (χ2n) is 9.91. The van der Waals surface area contributed by atoms with Crippen molar-refractivity contribution in [1.29, 1.82) is 0 Å². The van der Waals surface area contributed by atoms with Crippen molar-refractivity contribution in [1.82, 2.24) is 0 Å². The van der Waals surface area contributed by atoms with Gasteiger partial charge >= 0.3 is 0 Å². The topological polar surface area (TPSA) is 67.4 Å². The van der Waals surface area contributed by atoms with Crippen LogP contribution in [-0.2, 0) is 24.1 Å². The summed E-state index contributed by atoms with van der Waals surface area (Å²) in [5, 5.41) is 6.71. The maximum Gasteiger partial charge on any atom is 0.258 e. The summed E-state index contributed by atoms with van der Waals surface area (Å²) in [5.74, 6) is 0.998. The number of methoxy groups -OCH3 is 1. The molecule has 0 radical (unpaired) electrons. The number of anilines is 2. The fraction of sp³-hybridized carbons (Fsp3) is 0.357. The van der Waals surface area contributed by atoms with Crippen molar-refractivity contribution in [3.63, 3.8) is 0 Å². The molecule has 1 aliphatic carbocycles. The van der Waals surface area contributed by atoms with Gasteiger partial charge in [-0.3, -0.25) is 9.59 Å². The largest absolute Gasteiger partial charge is 0.497 e. The molecule has 1 unspecified atom stereocenters. The first-order valence-corrected chi connectivity index (χ1v) is 12.5. The molecule has 0 aliphatic heterocycles. The number of nitrogens with one attached hydrogen (secondary N) is 2. The highest BCUT2D eigenvalue weighted by Gasteiger charge is 2.34. The number of rotatable bonds is 6. The molecule has 5 nitrogen and oxygen atoms in total. The van der Waals surface area contributed by atoms with E-state index in [-0.39, 0.29) is 23.7 Å². The molecule has 34 heavy (non-hydrogen) atoms. The minimum Gasteiger partial charge on any atom is -0.497 e. The molecule has 0 saturated heterocycles. The van der Waals surface area contributed by atoms with Crippen LogP contribution in [0.4, 0.5) is 10.7 Å². The second kappa shape index (κ2) is 10.0. The lowest BCUT2D eigenvalue weighted by Crippen LogP contribution is -2.27. The van der Waals surface area contributed by atoms with Gasteiger partial charge in [0, 0.05) is 10.6 Å². The number of hydrogen-bond donors (Lipinski definition) is 2. The molecule has 4 rings (SSSR count). The molecular weight excluding hydrogens is 444 g/mol. The van der Waals surface area contributed by atoms with Gasteiger partial charge in [-0.2, -0.15) is 0 Å². The SMILES string of the molecule is COc1ccc(CC(=O)Nc2sc3c(c2C(=O)Nc2ccccc2)CCC(C(C)(C)C)C3)cc1. The van der Waals surface area contributed by atoms with Crippen LogP contribution >= 0.6 is 11.3 Å². The van der Waals surface area contributed by atoms with Crippen LogP contribution in [0, 0.1) is 11.3 Å². The molecule has 0 saturated carbocycles. The molecule has 6 heteroatoms. The van der Waals surface area contributed by atoms with Crippen LogP contribution in [0.1, 0.15) is 53.6 Å². The maximum atomic E-state index is 13.4. The molecule has 0 spiro atoms. The van der Waals surface area contributed by atoms with Crippen molar-refractivity contribution < 1.29 is 14.3 Å². The first-order chi connectivity index (χ1) is 16.2. The molecule has 2 aromatic carbocycles. The van der Waals surface area contributed by atoms with Crippen LogP contribution in [-0.4, -0.2) is 18.9 Å². The number of benzene rings is 2. The van der Waals surface area contributed by atoms with Gasteiger partial charge in [0.1, 0.15) is 10.8 Å². The lowest BCUT2D eigenvalue weighted by atomic mass is 9.72. The normalized spacial score (nSPS) is 15.4. The van der Waals surface area contributed by atoms with Crippen molar-refractivity contribution in [2.75, 3.05) is 17.7 Å². The molecule has 2 amide bonds. The number of para-hydroxylation sites is 1. The van der Waals surface area contributed by atoms with Crippen LogP contribution < -0.4 is 15.4 Å². The Labute approximate surface area is 205 Å². The van der Waals surface area contributed by atoms with Gasteiger partial charge in [-0.15, -0.1) is 11.3 Å². The summed E-state index contributed by atoms with van der Waals surface area (Å²) in [7, 11) is 1.62. The minimum atomic E-state index is -0.169. The van der Waals surface area contributed by atoms with E-state index in [0.29, 0.717) is 16.5 Å². The lowest BCUT2D eigenvalue weighted by Gasteiger charge is -2.33. The van der Waals surface area contributed by atoms with Crippen LogP contribution in [0.5, 0.6) is 5.75 Å². The molecule has 2 N–H and O–H groups in total. The third-order valence-electron chi connectivity index (χ3n) is 6.53. The summed E-state index contributed by atoms with van der Waals surface area (Å²) in [6, 6.07) is 16.9. The van der Waals surface area contributed by atoms with Gasteiger partial charge in [-0.25, -0.2) is 0 Å². The Morgan fingerprint density at radius 2 is 1.74 bits per heavy atom. The van der Waals surface area contributed by atoms with Gasteiger partial charge in [0.2, 0.25) is 5.91 Å². The summed E-state index contributed by atoms with van der Waals surface area (Å²) in [6.45, 7) is 6.82. The van der Waals surface area contributed by atoms with Gasteiger partial charge in [0.05, 0.1) is 19.1 Å². The first kappa shape index (κ1) is 24.0. The van der Waals surface area contributed by atoms with Gasteiger partial charge in [0.25, 0.3) is 5.91 Å². The average molecular weight is 477 g/mol. The van der Waals surface area contributed by atoms with E-state index in [1.54, 1.807) is 18.4 Å². The van der Waals surface area contributed by atoms with Gasteiger partial charge in [0.15, 0.2) is 0 Å². The smallest absolute Gasteiger partial charge is 0.258 e. The van der Waals surface area contributed by atoms with Gasteiger partial charge < -0.3 is 15.4 Å². The summed E-state index contributed by atoms with van der Waals surface area (Å²) in [6.07, 6.45) is 3.05. The average Bonchev–Trinajstić information content (AvgIpc) is 3.16. The van der Waals surface area contributed by atoms with E-state index in [1.807, 2.05) is 54.6 Å². The zero-order valence-corrected chi connectivity index (χ0v) is 21.1. The number of carbonyl (C=O) groups is 2. The van der Waals surface area contributed by atoms with Crippen LogP contribution in [0.2, 0.25) is 0 Å². The Kier molecular flexibility index (Phi) is 7.08. The van der Waals surface area contributed by atoms with Crippen LogP contribution in [0.25, 0.3) is 0 Å². The van der Waals surface area contributed by atoms with E-state index in [1.165, 1.54) is 4.88 Å². The molecule has 1 atom stereocenters. The predicted molar refractivity (Wildman–Crippen MR) is 139 cm³/mol. The third-order valence-corrected chi connectivity index (χ3v) is 7.70. The molecule has 178 valence electrons. The number of amides is 2. The summed E-state index contributed by atoms with van der Waals surface area (Å²) in [4.78, 5) is 27.5. The summed E-state index contributed by atoms with van der Waals surface area (Å²) < 4.78 is 5.20. The Bertz CT molecular complexity index is 1160. The fourth-order valence-electron chi connectivity index (χ4n) is 4.47. The minimum absolute atomic E-state index is 0.134. The second-order valence-corrected chi connectivity index (χ2v) is 11.0. The monoisotopic (exact) mass is 476 g/mol. The predicted octanol–water partition coefficient (Wildman–Crippen LogP) is 6.34. The standard InChI is InChI=1S/C28H32N2O3S/c1-28(2,3)19-12-15-22-23(17-19)34-27(25(22)26(32)29-20-8-6-5-7-9-20)30-24(31)16-18-10-13-21(33-4)14-11-18/h5-11,13-14,19H,12,15-17H2,1-4H3,(H,29,32)(H,30,31). The Balaban J connectivity index is 1.60. The summed E-state index contributed by atoms with van der Waals surface area (Å²) >= 11 is 1.55. The zero-order chi connectivity index (χ0) is 24.3. The van der Waals surface area contributed by atoms with Crippen LogP contribution in [0.15, 0.2) is 54.6 Å². The van der Waals surface area contributed by atoms with E-state index < -0.39 is 0 Å². The lowest BCUT2D eigenvalue weighted by molar-refractivity contribution is -0.115. The molecule has 1 heterocycles. The van der Waals surface area contributed by atoms with Gasteiger partial charge in [-0.05, 0) is 66.0 Å². The fourth-order valence-corrected chi connectivity index (χ4v) is 5.81.